The van der Waals surface area contributed by atoms with Crippen molar-refractivity contribution in [3.63, 3.8) is 0 Å². The number of carboxylic acids is 1. The lowest BCUT2D eigenvalue weighted by Gasteiger charge is -2.17. The Kier molecular flexibility index (Phi) is 6.46. The fraction of sp³-hybridized carbons (Fsp3) is 0.474. The van der Waals surface area contributed by atoms with E-state index in [1.807, 2.05) is 25.1 Å². The summed E-state index contributed by atoms with van der Waals surface area (Å²) in [6.07, 6.45) is 2.49. The van der Waals surface area contributed by atoms with Crippen LogP contribution in [0.2, 0.25) is 0 Å². The van der Waals surface area contributed by atoms with Gasteiger partial charge in [0.1, 0.15) is 11.6 Å². The standard InChI is InChI=1S/C19H24N2O4S/c1-2-24-17-11-14(19-20-15(13-26-19)12-18(22)23)5-6-16(17)25-10-9-21-7-3-4-8-21/h5-6,11,13H,2-4,7-10,12H2,1H3,(H,22,23). The Labute approximate surface area is 157 Å². The van der Waals surface area contributed by atoms with Crippen LogP contribution in [-0.2, 0) is 11.2 Å². The number of hydrogen-bond donors (Lipinski definition) is 1. The fourth-order valence-electron chi connectivity index (χ4n) is 3.00. The number of aliphatic carboxylic acids is 1. The minimum absolute atomic E-state index is 0.0630. The first-order chi connectivity index (χ1) is 12.7. The molecule has 7 heteroatoms. The van der Waals surface area contributed by atoms with Crippen molar-refractivity contribution in [2.24, 2.45) is 0 Å². The van der Waals surface area contributed by atoms with Gasteiger partial charge in [0.15, 0.2) is 11.5 Å². The van der Waals surface area contributed by atoms with E-state index in [-0.39, 0.29) is 6.42 Å². The van der Waals surface area contributed by atoms with Gasteiger partial charge in [-0.2, -0.15) is 0 Å². The molecule has 1 aromatic carbocycles. The minimum Gasteiger partial charge on any atom is -0.490 e. The highest BCUT2D eigenvalue weighted by atomic mass is 32.1. The Hall–Kier alpha value is -2.12. The third-order valence-electron chi connectivity index (χ3n) is 4.24. The second kappa shape index (κ2) is 9.00. The Bertz CT molecular complexity index is 741. The number of ether oxygens (including phenoxy) is 2. The molecule has 3 rings (SSSR count). The van der Waals surface area contributed by atoms with Crippen molar-refractivity contribution in [1.29, 1.82) is 0 Å². The number of rotatable bonds is 9. The van der Waals surface area contributed by atoms with Gasteiger partial charge in [-0.05, 0) is 51.1 Å². The molecule has 140 valence electrons. The molecule has 0 unspecified atom stereocenters. The zero-order chi connectivity index (χ0) is 18.4. The van der Waals surface area contributed by atoms with Crippen LogP contribution in [0.3, 0.4) is 0 Å². The predicted octanol–water partition coefficient (Wildman–Crippen LogP) is 3.31. The van der Waals surface area contributed by atoms with E-state index in [0.717, 1.165) is 36.0 Å². The first-order valence-corrected chi connectivity index (χ1v) is 9.82. The molecule has 1 aliphatic rings. The molecule has 2 aromatic rings. The van der Waals surface area contributed by atoms with Crippen molar-refractivity contribution in [3.8, 4) is 22.1 Å². The lowest BCUT2D eigenvalue weighted by atomic mass is 10.2. The molecule has 0 radical (unpaired) electrons. The lowest BCUT2D eigenvalue weighted by Crippen LogP contribution is -2.25. The van der Waals surface area contributed by atoms with Gasteiger partial charge >= 0.3 is 5.97 Å². The van der Waals surface area contributed by atoms with Crippen LogP contribution in [0.5, 0.6) is 11.5 Å². The summed E-state index contributed by atoms with van der Waals surface area (Å²) in [5.74, 6) is 0.553. The van der Waals surface area contributed by atoms with Crippen LogP contribution in [0.4, 0.5) is 0 Å². The molecule has 2 heterocycles. The lowest BCUT2D eigenvalue weighted by molar-refractivity contribution is -0.136. The summed E-state index contributed by atoms with van der Waals surface area (Å²) in [5, 5.41) is 11.4. The molecule has 0 saturated carbocycles. The van der Waals surface area contributed by atoms with Gasteiger partial charge in [0, 0.05) is 17.5 Å². The molecule has 1 fully saturated rings. The van der Waals surface area contributed by atoms with E-state index in [4.69, 9.17) is 14.6 Å². The number of aromatic nitrogens is 1. The van der Waals surface area contributed by atoms with Crippen LogP contribution in [0, 0.1) is 0 Å². The smallest absolute Gasteiger partial charge is 0.309 e. The number of carbonyl (C=O) groups is 1. The third-order valence-corrected chi connectivity index (χ3v) is 5.18. The van der Waals surface area contributed by atoms with Gasteiger partial charge < -0.3 is 14.6 Å². The van der Waals surface area contributed by atoms with Crippen LogP contribution in [0.1, 0.15) is 25.5 Å². The van der Waals surface area contributed by atoms with Crippen molar-refractivity contribution in [2.45, 2.75) is 26.2 Å². The number of carboxylic acid groups (broad SMARTS) is 1. The van der Waals surface area contributed by atoms with Gasteiger partial charge in [0.05, 0.1) is 18.7 Å². The average molecular weight is 376 g/mol. The largest absolute Gasteiger partial charge is 0.490 e. The molecule has 0 aliphatic carbocycles. The molecular weight excluding hydrogens is 352 g/mol. The maximum atomic E-state index is 10.8. The van der Waals surface area contributed by atoms with Crippen molar-refractivity contribution < 1.29 is 19.4 Å². The Balaban J connectivity index is 1.68. The predicted molar refractivity (Wildman–Crippen MR) is 101 cm³/mol. The van der Waals surface area contributed by atoms with Crippen molar-refractivity contribution >= 4 is 17.3 Å². The number of nitrogens with zero attached hydrogens (tertiary/aromatic N) is 2. The summed E-state index contributed by atoms with van der Waals surface area (Å²) in [6, 6.07) is 5.76. The fourth-order valence-corrected chi connectivity index (χ4v) is 3.81. The Morgan fingerprint density at radius 1 is 1.27 bits per heavy atom. The van der Waals surface area contributed by atoms with E-state index in [0.29, 0.717) is 24.7 Å². The molecule has 0 bridgehead atoms. The zero-order valence-electron chi connectivity index (χ0n) is 14.9. The van der Waals surface area contributed by atoms with Crippen LogP contribution < -0.4 is 9.47 Å². The summed E-state index contributed by atoms with van der Waals surface area (Å²) >= 11 is 1.43. The Morgan fingerprint density at radius 3 is 2.81 bits per heavy atom. The second-order valence-electron chi connectivity index (χ2n) is 6.21. The van der Waals surface area contributed by atoms with E-state index >= 15 is 0 Å². The average Bonchev–Trinajstić information content (AvgIpc) is 3.28. The molecule has 0 spiro atoms. The summed E-state index contributed by atoms with van der Waals surface area (Å²) in [7, 11) is 0. The quantitative estimate of drug-likeness (QED) is 0.724. The van der Waals surface area contributed by atoms with Crippen molar-refractivity contribution in [2.75, 3.05) is 32.8 Å². The van der Waals surface area contributed by atoms with Gasteiger partial charge in [-0.15, -0.1) is 11.3 Å². The molecule has 6 nitrogen and oxygen atoms in total. The summed E-state index contributed by atoms with van der Waals surface area (Å²) < 4.78 is 11.7. The first-order valence-electron chi connectivity index (χ1n) is 8.94. The Morgan fingerprint density at radius 2 is 2.08 bits per heavy atom. The molecule has 1 N–H and O–H groups in total. The molecule has 1 aliphatic heterocycles. The highest BCUT2D eigenvalue weighted by Crippen LogP contribution is 2.34. The monoisotopic (exact) mass is 376 g/mol. The summed E-state index contributed by atoms with van der Waals surface area (Å²) in [5.41, 5.74) is 1.48. The zero-order valence-corrected chi connectivity index (χ0v) is 15.8. The highest BCUT2D eigenvalue weighted by Gasteiger charge is 2.14. The van der Waals surface area contributed by atoms with Crippen molar-refractivity contribution in [1.82, 2.24) is 9.88 Å². The number of thiazole rings is 1. The molecule has 1 aromatic heterocycles. The number of benzene rings is 1. The first kappa shape index (κ1) is 18.7. The van der Waals surface area contributed by atoms with Crippen LogP contribution in [-0.4, -0.2) is 53.8 Å². The highest BCUT2D eigenvalue weighted by molar-refractivity contribution is 7.13. The third kappa shape index (κ3) is 4.95. The van der Waals surface area contributed by atoms with Gasteiger partial charge in [-0.3, -0.25) is 9.69 Å². The molecule has 26 heavy (non-hydrogen) atoms. The van der Waals surface area contributed by atoms with E-state index in [1.54, 1.807) is 5.38 Å². The summed E-state index contributed by atoms with van der Waals surface area (Å²) in [4.78, 5) is 17.6. The number of likely N-dealkylation sites (tertiary alicyclic amines) is 1. The van der Waals surface area contributed by atoms with Crippen molar-refractivity contribution in [3.05, 3.63) is 29.3 Å². The van der Waals surface area contributed by atoms with E-state index in [9.17, 15) is 4.79 Å². The molecule has 0 amide bonds. The molecule has 0 atom stereocenters. The van der Waals surface area contributed by atoms with E-state index in [2.05, 4.69) is 9.88 Å². The second-order valence-corrected chi connectivity index (χ2v) is 7.06. The maximum Gasteiger partial charge on any atom is 0.309 e. The molecule has 1 saturated heterocycles. The van der Waals surface area contributed by atoms with Crippen LogP contribution in [0.15, 0.2) is 23.6 Å². The van der Waals surface area contributed by atoms with Gasteiger partial charge in [-0.25, -0.2) is 4.98 Å². The van der Waals surface area contributed by atoms with Gasteiger partial charge in [0.2, 0.25) is 0 Å². The topological polar surface area (TPSA) is 71.9 Å². The maximum absolute atomic E-state index is 10.8. The van der Waals surface area contributed by atoms with Gasteiger partial charge in [0.25, 0.3) is 0 Å². The van der Waals surface area contributed by atoms with Gasteiger partial charge in [-0.1, -0.05) is 0 Å². The van der Waals surface area contributed by atoms with E-state index < -0.39 is 5.97 Å². The SMILES string of the molecule is CCOc1cc(-c2nc(CC(=O)O)cs2)ccc1OCCN1CCCC1. The summed E-state index contributed by atoms with van der Waals surface area (Å²) in [6.45, 7) is 6.37. The van der Waals surface area contributed by atoms with Crippen LogP contribution >= 0.6 is 11.3 Å². The van der Waals surface area contributed by atoms with Crippen LogP contribution in [0.25, 0.3) is 10.6 Å². The van der Waals surface area contributed by atoms with E-state index in [1.165, 1.54) is 24.2 Å². The minimum atomic E-state index is -0.876. The normalized spacial score (nSPS) is 14.5. The number of hydrogen-bond acceptors (Lipinski definition) is 6. The molecular formula is C19H24N2O4S.